The van der Waals surface area contributed by atoms with E-state index in [-0.39, 0.29) is 5.91 Å². The molecule has 0 atom stereocenters. The monoisotopic (exact) mass is 493 g/mol. The fourth-order valence-electron chi connectivity index (χ4n) is 3.97. The first kappa shape index (κ1) is 20.7. The number of carbonyl (C=O) groups is 1. The van der Waals surface area contributed by atoms with Crippen LogP contribution >= 0.6 is 39.1 Å². The molecule has 3 aromatic rings. The molecule has 1 fully saturated rings. The average molecular weight is 495 g/mol. The number of benzene rings is 2. The van der Waals surface area contributed by atoms with Crippen molar-refractivity contribution in [1.82, 2.24) is 14.5 Å². The highest BCUT2D eigenvalue weighted by Crippen LogP contribution is 2.33. The van der Waals surface area contributed by atoms with E-state index in [4.69, 9.17) is 28.2 Å². The van der Waals surface area contributed by atoms with Crippen molar-refractivity contribution >= 4 is 56.1 Å². The van der Waals surface area contributed by atoms with E-state index in [0.29, 0.717) is 22.0 Å². The van der Waals surface area contributed by atoms with Gasteiger partial charge in [-0.2, -0.15) is 0 Å². The molecule has 0 radical (unpaired) electrons. The van der Waals surface area contributed by atoms with Gasteiger partial charge in [0.25, 0.3) is 5.91 Å². The number of amides is 1. The van der Waals surface area contributed by atoms with Crippen molar-refractivity contribution in [3.63, 3.8) is 0 Å². The van der Waals surface area contributed by atoms with E-state index in [1.165, 1.54) is 6.42 Å². The molecule has 2 heterocycles. The Morgan fingerprint density at radius 1 is 1.17 bits per heavy atom. The van der Waals surface area contributed by atoms with Gasteiger partial charge in [0, 0.05) is 36.1 Å². The van der Waals surface area contributed by atoms with Gasteiger partial charge in [-0.1, -0.05) is 39.1 Å². The summed E-state index contributed by atoms with van der Waals surface area (Å²) in [6.45, 7) is 3.61. The van der Waals surface area contributed by atoms with Gasteiger partial charge in [-0.15, -0.1) is 0 Å². The maximum absolute atomic E-state index is 13.0. The van der Waals surface area contributed by atoms with Crippen molar-refractivity contribution < 1.29 is 4.79 Å². The minimum absolute atomic E-state index is 0.0163. The first-order valence-corrected chi connectivity index (χ1v) is 11.3. The second-order valence-corrected chi connectivity index (χ2v) is 9.30. The highest BCUT2D eigenvalue weighted by molar-refractivity contribution is 9.10. The van der Waals surface area contributed by atoms with Crippen LogP contribution in [0.4, 0.5) is 0 Å². The lowest BCUT2D eigenvalue weighted by molar-refractivity contribution is 0.0724. The average Bonchev–Trinajstić information content (AvgIpc) is 3.01. The van der Waals surface area contributed by atoms with E-state index < -0.39 is 0 Å². The number of likely N-dealkylation sites (tertiary alicyclic amines) is 1. The zero-order chi connectivity index (χ0) is 20.7. The fourth-order valence-corrected chi connectivity index (χ4v) is 5.12. The second-order valence-electron chi connectivity index (χ2n) is 7.59. The number of imidazole rings is 1. The summed E-state index contributed by atoms with van der Waals surface area (Å²) < 4.78 is 3.07. The Labute approximate surface area is 188 Å². The highest BCUT2D eigenvalue weighted by Gasteiger charge is 2.23. The lowest BCUT2D eigenvalue weighted by Crippen LogP contribution is -2.35. The van der Waals surface area contributed by atoms with Crippen molar-refractivity contribution in [2.24, 2.45) is 7.05 Å². The third-order valence-corrected chi connectivity index (χ3v) is 6.87. The minimum atomic E-state index is -0.0163. The molecule has 1 aliphatic heterocycles. The third kappa shape index (κ3) is 3.92. The predicted octanol–water partition coefficient (Wildman–Crippen LogP) is 6.17. The van der Waals surface area contributed by atoms with E-state index in [1.54, 1.807) is 12.1 Å². The predicted molar refractivity (Wildman–Crippen MR) is 122 cm³/mol. The van der Waals surface area contributed by atoms with Crippen LogP contribution in [-0.4, -0.2) is 33.4 Å². The van der Waals surface area contributed by atoms with Crippen LogP contribution in [-0.2, 0) is 13.5 Å². The standard InChI is InChI=1S/C22H22BrCl2N3O/c1-13-10-14(23)11-18-21(13)26-19(27(18)2)12-16-17(24)7-6-15(20(16)25)22(29)28-8-4-3-5-9-28/h6-7,10-11H,3-5,8-9,12H2,1-2H3. The smallest absolute Gasteiger partial charge is 0.255 e. The Kier molecular flexibility index (Phi) is 5.92. The van der Waals surface area contributed by atoms with Gasteiger partial charge >= 0.3 is 0 Å². The lowest BCUT2D eigenvalue weighted by atomic mass is 10.0. The van der Waals surface area contributed by atoms with Gasteiger partial charge in [0.2, 0.25) is 0 Å². The molecule has 152 valence electrons. The molecule has 1 aromatic heterocycles. The van der Waals surface area contributed by atoms with E-state index in [9.17, 15) is 4.79 Å². The SMILES string of the molecule is Cc1cc(Br)cc2c1nc(Cc1c(Cl)ccc(C(=O)N3CCCCC3)c1Cl)n2C. The molecule has 0 N–H and O–H groups in total. The normalized spacial score (nSPS) is 14.6. The maximum atomic E-state index is 13.0. The third-order valence-electron chi connectivity index (χ3n) is 5.63. The molecule has 1 amide bonds. The largest absolute Gasteiger partial charge is 0.339 e. The van der Waals surface area contributed by atoms with Gasteiger partial charge in [0.1, 0.15) is 5.82 Å². The molecule has 2 aromatic carbocycles. The van der Waals surface area contributed by atoms with Crippen LogP contribution in [0.1, 0.15) is 46.6 Å². The van der Waals surface area contributed by atoms with Crippen LogP contribution in [0.25, 0.3) is 11.0 Å². The molecular formula is C22H22BrCl2N3O. The van der Waals surface area contributed by atoms with Gasteiger partial charge in [0.15, 0.2) is 0 Å². The lowest BCUT2D eigenvalue weighted by Gasteiger charge is -2.27. The number of fused-ring (bicyclic) bond motifs is 1. The molecule has 0 saturated carbocycles. The molecule has 0 bridgehead atoms. The number of nitrogens with zero attached hydrogens (tertiary/aromatic N) is 3. The second kappa shape index (κ2) is 8.29. The first-order valence-electron chi connectivity index (χ1n) is 9.74. The summed E-state index contributed by atoms with van der Waals surface area (Å²) in [7, 11) is 1.99. The van der Waals surface area contributed by atoms with Crippen molar-refractivity contribution in [1.29, 1.82) is 0 Å². The van der Waals surface area contributed by atoms with Crippen LogP contribution in [0, 0.1) is 6.92 Å². The minimum Gasteiger partial charge on any atom is -0.339 e. The number of aromatic nitrogens is 2. The zero-order valence-corrected chi connectivity index (χ0v) is 19.5. The van der Waals surface area contributed by atoms with Gasteiger partial charge in [0.05, 0.1) is 21.6 Å². The summed E-state index contributed by atoms with van der Waals surface area (Å²) in [5.74, 6) is 0.838. The molecular weight excluding hydrogens is 473 g/mol. The quantitative estimate of drug-likeness (QED) is 0.436. The van der Waals surface area contributed by atoms with Gasteiger partial charge in [-0.05, 0) is 61.6 Å². The van der Waals surface area contributed by atoms with E-state index in [0.717, 1.165) is 58.4 Å². The van der Waals surface area contributed by atoms with Gasteiger partial charge in [-0.25, -0.2) is 4.98 Å². The van der Waals surface area contributed by atoms with Crippen molar-refractivity contribution in [3.8, 4) is 0 Å². The summed E-state index contributed by atoms with van der Waals surface area (Å²) in [5, 5.41) is 0.980. The topological polar surface area (TPSA) is 38.1 Å². The summed E-state index contributed by atoms with van der Waals surface area (Å²) in [6.07, 6.45) is 3.71. The Morgan fingerprint density at radius 3 is 2.62 bits per heavy atom. The number of hydrogen-bond acceptors (Lipinski definition) is 2. The molecule has 4 nitrogen and oxygen atoms in total. The molecule has 7 heteroatoms. The van der Waals surface area contributed by atoms with Gasteiger partial charge < -0.3 is 9.47 Å². The Bertz CT molecular complexity index is 1100. The number of piperidine rings is 1. The molecule has 1 saturated heterocycles. The number of hydrogen-bond donors (Lipinski definition) is 0. The number of aryl methyl sites for hydroxylation is 2. The number of carbonyl (C=O) groups excluding carboxylic acids is 1. The Hall–Kier alpha value is -1.56. The molecule has 29 heavy (non-hydrogen) atoms. The maximum Gasteiger partial charge on any atom is 0.255 e. The molecule has 0 aliphatic carbocycles. The van der Waals surface area contributed by atoms with Crippen LogP contribution in [0.15, 0.2) is 28.7 Å². The van der Waals surface area contributed by atoms with Crippen LogP contribution in [0.2, 0.25) is 10.0 Å². The van der Waals surface area contributed by atoms with E-state index in [1.807, 2.05) is 18.9 Å². The van der Waals surface area contributed by atoms with Crippen LogP contribution in [0.5, 0.6) is 0 Å². The summed E-state index contributed by atoms with van der Waals surface area (Å²) in [5.41, 5.74) is 4.36. The molecule has 0 spiro atoms. The van der Waals surface area contributed by atoms with Crippen molar-refractivity contribution in [3.05, 3.63) is 61.3 Å². The zero-order valence-electron chi connectivity index (χ0n) is 16.4. The number of rotatable bonds is 3. The van der Waals surface area contributed by atoms with E-state index in [2.05, 4.69) is 32.6 Å². The van der Waals surface area contributed by atoms with E-state index >= 15 is 0 Å². The molecule has 4 rings (SSSR count). The Morgan fingerprint density at radius 2 is 1.90 bits per heavy atom. The fraction of sp³-hybridized carbons (Fsp3) is 0.364. The Balaban J connectivity index is 1.72. The first-order chi connectivity index (χ1) is 13.9. The number of halogens is 3. The summed E-state index contributed by atoms with van der Waals surface area (Å²) in [4.78, 5) is 19.7. The molecule has 0 unspecified atom stereocenters. The van der Waals surface area contributed by atoms with Crippen LogP contribution in [0.3, 0.4) is 0 Å². The summed E-state index contributed by atoms with van der Waals surface area (Å²) >= 11 is 16.8. The van der Waals surface area contributed by atoms with Crippen molar-refractivity contribution in [2.75, 3.05) is 13.1 Å². The summed E-state index contributed by atoms with van der Waals surface area (Å²) in [6, 6.07) is 7.61. The van der Waals surface area contributed by atoms with Crippen LogP contribution < -0.4 is 0 Å². The highest BCUT2D eigenvalue weighted by atomic mass is 79.9. The van der Waals surface area contributed by atoms with Gasteiger partial charge in [-0.3, -0.25) is 4.79 Å². The van der Waals surface area contributed by atoms with Crippen molar-refractivity contribution in [2.45, 2.75) is 32.6 Å². The molecule has 1 aliphatic rings.